The summed E-state index contributed by atoms with van der Waals surface area (Å²) >= 11 is 0. The maximum absolute atomic E-state index is 9.62. The molecule has 0 saturated carbocycles. The van der Waals surface area contributed by atoms with Gasteiger partial charge < -0.3 is 24.1 Å². The van der Waals surface area contributed by atoms with Crippen molar-refractivity contribution in [3.8, 4) is 24.2 Å². The molecule has 0 aliphatic heterocycles. The lowest BCUT2D eigenvalue weighted by atomic mass is 10.1. The molecular formula is C29H36O5. The zero-order valence-corrected chi connectivity index (χ0v) is 19.9. The van der Waals surface area contributed by atoms with Gasteiger partial charge in [0, 0.05) is 19.6 Å². The Bertz CT molecular complexity index is 851. The van der Waals surface area contributed by atoms with Gasteiger partial charge in [0.1, 0.15) is 13.2 Å². The van der Waals surface area contributed by atoms with Crippen LogP contribution in [-0.2, 0) is 32.2 Å². The van der Waals surface area contributed by atoms with E-state index in [1.165, 1.54) is 0 Å². The molecule has 0 aliphatic rings. The second-order valence-corrected chi connectivity index (χ2v) is 7.74. The van der Waals surface area contributed by atoms with Crippen molar-refractivity contribution < 1.29 is 24.1 Å². The van der Waals surface area contributed by atoms with Gasteiger partial charge in [-0.05, 0) is 30.4 Å². The van der Waals surface area contributed by atoms with E-state index in [4.69, 9.17) is 25.4 Å². The van der Waals surface area contributed by atoms with Gasteiger partial charge in [0.25, 0.3) is 0 Å². The summed E-state index contributed by atoms with van der Waals surface area (Å²) < 4.78 is 23.5. The molecule has 0 unspecified atom stereocenters. The molecule has 2 aromatic carbocycles. The fourth-order valence-corrected chi connectivity index (χ4v) is 3.26. The standard InChI is InChI=1S/C29H36O5/c1-2-3-10-20-31-21-11-12-22-32-23-18-29(34-25-27-15-8-5-9-16-27)28(17-19-30)33-24-26-13-6-4-7-14-26/h1,4-9,13-16,28-30H,3,10,17-25H2/t28-,29-/m1/s1. The number of terminal acetylenes is 1. The quantitative estimate of drug-likeness (QED) is 0.278. The van der Waals surface area contributed by atoms with Gasteiger partial charge in [-0.15, -0.1) is 12.3 Å². The third-order valence-electron chi connectivity index (χ3n) is 5.07. The van der Waals surface area contributed by atoms with Crippen LogP contribution in [0.15, 0.2) is 60.7 Å². The highest BCUT2D eigenvalue weighted by molar-refractivity contribution is 5.14. The molecule has 5 heteroatoms. The molecule has 0 fully saturated rings. The molecule has 2 aromatic rings. The van der Waals surface area contributed by atoms with E-state index in [1.54, 1.807) is 0 Å². The second kappa shape index (κ2) is 18.7. The fourth-order valence-electron chi connectivity index (χ4n) is 3.26. The van der Waals surface area contributed by atoms with Crippen LogP contribution in [-0.4, -0.2) is 50.3 Å². The second-order valence-electron chi connectivity index (χ2n) is 7.74. The Morgan fingerprint density at radius 3 is 1.79 bits per heavy atom. The molecule has 182 valence electrons. The number of unbranched alkanes of at least 4 members (excludes halogenated alkanes) is 1. The van der Waals surface area contributed by atoms with Crippen LogP contribution in [0.25, 0.3) is 0 Å². The van der Waals surface area contributed by atoms with Crippen molar-refractivity contribution in [3.63, 3.8) is 0 Å². The molecule has 0 saturated heterocycles. The van der Waals surface area contributed by atoms with Crippen molar-refractivity contribution in [2.45, 2.75) is 51.1 Å². The van der Waals surface area contributed by atoms with Crippen molar-refractivity contribution in [3.05, 3.63) is 71.8 Å². The first-order chi connectivity index (χ1) is 16.8. The fraction of sp³-hybridized carbons (Fsp3) is 0.448. The molecule has 0 amide bonds. The van der Waals surface area contributed by atoms with Gasteiger partial charge in [0.2, 0.25) is 0 Å². The number of benzene rings is 2. The first kappa shape index (κ1) is 27.6. The lowest BCUT2D eigenvalue weighted by Gasteiger charge is -2.27. The van der Waals surface area contributed by atoms with E-state index in [0.29, 0.717) is 52.5 Å². The largest absolute Gasteiger partial charge is 0.396 e. The van der Waals surface area contributed by atoms with E-state index in [0.717, 1.165) is 24.0 Å². The summed E-state index contributed by atoms with van der Waals surface area (Å²) in [5, 5.41) is 9.62. The van der Waals surface area contributed by atoms with E-state index in [1.807, 2.05) is 60.7 Å². The lowest BCUT2D eigenvalue weighted by molar-refractivity contribution is -0.101. The predicted octanol–water partition coefficient (Wildman–Crippen LogP) is 4.38. The van der Waals surface area contributed by atoms with Crippen molar-refractivity contribution in [1.29, 1.82) is 0 Å². The molecular weight excluding hydrogens is 428 g/mol. The molecule has 34 heavy (non-hydrogen) atoms. The molecule has 1 N–H and O–H groups in total. The normalized spacial score (nSPS) is 12.4. The average Bonchev–Trinajstić information content (AvgIpc) is 2.88. The maximum Gasteiger partial charge on any atom is 0.107 e. The molecule has 0 aliphatic carbocycles. The minimum Gasteiger partial charge on any atom is -0.396 e. The van der Waals surface area contributed by atoms with Crippen LogP contribution >= 0.6 is 0 Å². The molecule has 0 aromatic heterocycles. The van der Waals surface area contributed by atoms with Crippen LogP contribution in [0.2, 0.25) is 0 Å². The minimum atomic E-state index is -0.250. The summed E-state index contributed by atoms with van der Waals surface area (Å²) in [7, 11) is 0. The summed E-state index contributed by atoms with van der Waals surface area (Å²) in [4.78, 5) is 0. The van der Waals surface area contributed by atoms with Crippen molar-refractivity contribution >= 4 is 0 Å². The summed E-state index contributed by atoms with van der Waals surface area (Å²) in [6.07, 6.45) is 7.43. The summed E-state index contributed by atoms with van der Waals surface area (Å²) in [6.45, 7) is 2.77. The molecule has 0 radical (unpaired) electrons. The average molecular weight is 465 g/mol. The summed E-state index contributed by atoms with van der Waals surface area (Å²) in [5.41, 5.74) is 2.17. The Balaban J connectivity index is 1.82. The predicted molar refractivity (Wildman–Crippen MR) is 134 cm³/mol. The first-order valence-electron chi connectivity index (χ1n) is 11.8. The Labute approximate surface area is 204 Å². The van der Waals surface area contributed by atoms with Crippen molar-refractivity contribution in [2.24, 2.45) is 0 Å². The number of aliphatic hydroxyl groups is 1. The minimum absolute atomic E-state index is 0.0261. The Hall–Kier alpha value is -2.64. The zero-order chi connectivity index (χ0) is 24.1. The maximum atomic E-state index is 9.62. The smallest absolute Gasteiger partial charge is 0.107 e. The van der Waals surface area contributed by atoms with Crippen molar-refractivity contribution in [2.75, 3.05) is 33.0 Å². The Morgan fingerprint density at radius 2 is 1.26 bits per heavy atom. The van der Waals surface area contributed by atoms with Crippen molar-refractivity contribution in [1.82, 2.24) is 0 Å². The molecule has 2 atom stereocenters. The number of hydrogen-bond donors (Lipinski definition) is 1. The van der Waals surface area contributed by atoms with Crippen LogP contribution in [0, 0.1) is 24.2 Å². The lowest BCUT2D eigenvalue weighted by Crippen LogP contribution is -2.33. The van der Waals surface area contributed by atoms with Gasteiger partial charge in [0.05, 0.1) is 32.0 Å². The van der Waals surface area contributed by atoms with Crippen LogP contribution in [0.1, 0.15) is 36.8 Å². The molecule has 0 bridgehead atoms. The van der Waals surface area contributed by atoms with Gasteiger partial charge in [-0.3, -0.25) is 0 Å². The van der Waals surface area contributed by atoms with Gasteiger partial charge in [-0.25, -0.2) is 0 Å². The van der Waals surface area contributed by atoms with E-state index >= 15 is 0 Å². The van der Waals surface area contributed by atoms with E-state index in [2.05, 4.69) is 17.8 Å². The molecule has 0 spiro atoms. The number of rotatable bonds is 17. The summed E-state index contributed by atoms with van der Waals surface area (Å²) in [5.74, 6) is 8.48. The van der Waals surface area contributed by atoms with Crippen LogP contribution < -0.4 is 0 Å². The van der Waals surface area contributed by atoms with Gasteiger partial charge in [-0.2, -0.15) is 0 Å². The Kier molecular flexibility index (Phi) is 15.2. The van der Waals surface area contributed by atoms with Gasteiger partial charge in [0.15, 0.2) is 0 Å². The number of aliphatic hydroxyl groups excluding tert-OH is 1. The highest BCUT2D eigenvalue weighted by Gasteiger charge is 2.23. The highest BCUT2D eigenvalue weighted by atomic mass is 16.5. The van der Waals surface area contributed by atoms with Crippen LogP contribution in [0.5, 0.6) is 0 Å². The first-order valence-corrected chi connectivity index (χ1v) is 11.8. The zero-order valence-electron chi connectivity index (χ0n) is 19.9. The molecule has 0 heterocycles. The SMILES string of the molecule is C#CCCCOCC#CCOCC[C@@H](OCc1ccccc1)[C@@H](CCO)OCc1ccccc1. The monoisotopic (exact) mass is 464 g/mol. The number of hydrogen-bond acceptors (Lipinski definition) is 5. The van der Waals surface area contributed by atoms with E-state index in [9.17, 15) is 5.11 Å². The van der Waals surface area contributed by atoms with Crippen LogP contribution in [0.3, 0.4) is 0 Å². The van der Waals surface area contributed by atoms with E-state index < -0.39 is 0 Å². The topological polar surface area (TPSA) is 57.2 Å². The third-order valence-corrected chi connectivity index (χ3v) is 5.07. The summed E-state index contributed by atoms with van der Waals surface area (Å²) in [6, 6.07) is 20.0. The van der Waals surface area contributed by atoms with Gasteiger partial charge >= 0.3 is 0 Å². The molecule has 5 nitrogen and oxygen atoms in total. The highest BCUT2D eigenvalue weighted by Crippen LogP contribution is 2.17. The van der Waals surface area contributed by atoms with E-state index in [-0.39, 0.29) is 18.8 Å². The molecule has 2 rings (SSSR count). The third kappa shape index (κ3) is 12.6. The Morgan fingerprint density at radius 1 is 0.735 bits per heavy atom. The van der Waals surface area contributed by atoms with Crippen LogP contribution in [0.4, 0.5) is 0 Å². The van der Waals surface area contributed by atoms with Gasteiger partial charge in [-0.1, -0.05) is 72.5 Å². The number of ether oxygens (including phenoxy) is 4.